The highest BCUT2D eigenvalue weighted by Gasteiger charge is 2.11. The molecule has 0 aromatic carbocycles. The lowest BCUT2D eigenvalue weighted by atomic mass is 10.3. The number of unbranched alkanes of at least 4 members (excludes halogenated alkanes) is 1. The van der Waals surface area contributed by atoms with Crippen molar-refractivity contribution in [2.45, 2.75) is 33.1 Å². The number of carbonyl (C=O) groups is 1. The van der Waals surface area contributed by atoms with E-state index in [2.05, 4.69) is 17.2 Å². The van der Waals surface area contributed by atoms with E-state index in [1.165, 1.54) is 0 Å². The fourth-order valence-corrected chi connectivity index (χ4v) is 2.36. The summed E-state index contributed by atoms with van der Waals surface area (Å²) in [4.78, 5) is 17.9. The number of nitrogens with one attached hydrogen (secondary N) is 1. The molecule has 0 aliphatic heterocycles. The Morgan fingerprint density at radius 3 is 2.89 bits per heavy atom. The van der Waals surface area contributed by atoms with Crippen LogP contribution in [0, 0.1) is 6.92 Å². The Morgan fingerprint density at radius 2 is 2.32 bits per heavy atom. The van der Waals surface area contributed by atoms with E-state index >= 15 is 0 Å². The first-order valence-corrected chi connectivity index (χ1v) is 7.60. The molecule has 0 spiro atoms. The van der Waals surface area contributed by atoms with Crippen LogP contribution in [0.2, 0.25) is 0 Å². The third-order valence-corrected chi connectivity index (χ3v) is 3.58. The Hall–Kier alpha value is -1.14. The van der Waals surface area contributed by atoms with Gasteiger partial charge in [0.1, 0.15) is 0 Å². The molecule has 19 heavy (non-hydrogen) atoms. The van der Waals surface area contributed by atoms with Gasteiger partial charge in [0.05, 0.1) is 17.3 Å². The number of aliphatic hydroxyl groups excluding tert-OH is 1. The van der Waals surface area contributed by atoms with Gasteiger partial charge in [-0.3, -0.25) is 0 Å². The molecule has 5 nitrogen and oxygen atoms in total. The van der Waals surface area contributed by atoms with Crippen LogP contribution in [0.15, 0.2) is 5.38 Å². The van der Waals surface area contributed by atoms with E-state index in [4.69, 9.17) is 5.11 Å². The fraction of sp³-hybridized carbons (Fsp3) is 0.692. The number of nitrogens with zero attached hydrogens (tertiary/aromatic N) is 2. The number of aromatic nitrogens is 1. The summed E-state index contributed by atoms with van der Waals surface area (Å²) in [6.45, 7) is 5.72. The van der Waals surface area contributed by atoms with Gasteiger partial charge >= 0.3 is 6.03 Å². The molecule has 0 saturated heterocycles. The molecule has 2 amide bonds. The molecular formula is C13H23N3O2S. The first-order chi connectivity index (χ1) is 9.17. The van der Waals surface area contributed by atoms with Crippen LogP contribution in [0.5, 0.6) is 0 Å². The molecule has 108 valence electrons. The number of amides is 2. The average Bonchev–Trinajstić information content (AvgIpc) is 2.80. The van der Waals surface area contributed by atoms with E-state index in [1.807, 2.05) is 12.3 Å². The molecule has 0 saturated carbocycles. The number of hydrogen-bond donors (Lipinski definition) is 2. The van der Waals surface area contributed by atoms with Gasteiger partial charge in [-0.2, -0.15) is 0 Å². The maximum atomic E-state index is 11.9. The number of thiazole rings is 1. The van der Waals surface area contributed by atoms with Crippen molar-refractivity contribution in [3.8, 4) is 0 Å². The number of urea groups is 1. The zero-order valence-electron chi connectivity index (χ0n) is 11.7. The van der Waals surface area contributed by atoms with Crippen molar-refractivity contribution in [3.05, 3.63) is 16.1 Å². The molecule has 0 aliphatic carbocycles. The number of aliphatic hydroxyl groups is 1. The number of aryl methyl sites for hydroxylation is 1. The first-order valence-electron chi connectivity index (χ1n) is 6.72. The quantitative estimate of drug-likeness (QED) is 0.765. The van der Waals surface area contributed by atoms with Crippen molar-refractivity contribution in [1.29, 1.82) is 0 Å². The summed E-state index contributed by atoms with van der Waals surface area (Å²) >= 11 is 1.62. The Labute approximate surface area is 118 Å². The molecule has 0 atom stereocenters. The highest BCUT2D eigenvalue weighted by atomic mass is 32.1. The Morgan fingerprint density at radius 1 is 1.53 bits per heavy atom. The van der Waals surface area contributed by atoms with E-state index in [0.717, 1.165) is 30.0 Å². The highest BCUT2D eigenvalue weighted by Crippen LogP contribution is 2.07. The second-order valence-electron chi connectivity index (χ2n) is 4.40. The summed E-state index contributed by atoms with van der Waals surface area (Å²) in [5.74, 6) is 0. The lowest BCUT2D eigenvalue weighted by molar-refractivity contribution is 0.176. The minimum atomic E-state index is -0.102. The Balaban J connectivity index is 2.30. The molecule has 0 aliphatic rings. The van der Waals surface area contributed by atoms with Crippen molar-refractivity contribution in [1.82, 2.24) is 15.2 Å². The molecule has 1 heterocycles. The van der Waals surface area contributed by atoms with Gasteiger partial charge in [0.25, 0.3) is 0 Å². The molecular weight excluding hydrogens is 262 g/mol. The van der Waals surface area contributed by atoms with Crippen molar-refractivity contribution >= 4 is 17.4 Å². The summed E-state index contributed by atoms with van der Waals surface area (Å²) in [7, 11) is 0. The highest BCUT2D eigenvalue weighted by molar-refractivity contribution is 7.09. The minimum Gasteiger partial charge on any atom is -0.395 e. The summed E-state index contributed by atoms with van der Waals surface area (Å²) in [6, 6.07) is -0.102. The minimum absolute atomic E-state index is 0.00240. The van der Waals surface area contributed by atoms with Gasteiger partial charge in [0.2, 0.25) is 0 Å². The summed E-state index contributed by atoms with van der Waals surface area (Å²) in [5, 5.41) is 14.9. The summed E-state index contributed by atoms with van der Waals surface area (Å²) in [6.07, 6.45) is 2.74. The average molecular weight is 285 g/mol. The van der Waals surface area contributed by atoms with Crippen molar-refractivity contribution in [2.75, 3.05) is 26.2 Å². The molecule has 0 bridgehead atoms. The zero-order chi connectivity index (χ0) is 14.1. The third kappa shape index (κ3) is 6.02. The van der Waals surface area contributed by atoms with Crippen LogP contribution in [0.4, 0.5) is 4.79 Å². The van der Waals surface area contributed by atoms with Gasteiger partial charge in [-0.25, -0.2) is 9.78 Å². The van der Waals surface area contributed by atoms with Crippen LogP contribution in [-0.2, 0) is 6.42 Å². The van der Waals surface area contributed by atoms with Crippen molar-refractivity contribution in [2.24, 2.45) is 0 Å². The zero-order valence-corrected chi connectivity index (χ0v) is 12.5. The van der Waals surface area contributed by atoms with Crippen molar-refractivity contribution in [3.63, 3.8) is 0 Å². The second kappa shape index (κ2) is 8.87. The summed E-state index contributed by atoms with van der Waals surface area (Å²) in [5.41, 5.74) is 1.02. The Bertz CT molecular complexity index is 382. The molecule has 2 N–H and O–H groups in total. The smallest absolute Gasteiger partial charge is 0.317 e. The van der Waals surface area contributed by atoms with E-state index in [-0.39, 0.29) is 12.6 Å². The monoisotopic (exact) mass is 285 g/mol. The van der Waals surface area contributed by atoms with Gasteiger partial charge < -0.3 is 15.3 Å². The van der Waals surface area contributed by atoms with Gasteiger partial charge in [-0.1, -0.05) is 13.3 Å². The van der Waals surface area contributed by atoms with E-state index in [1.54, 1.807) is 16.2 Å². The van der Waals surface area contributed by atoms with Crippen LogP contribution in [0.3, 0.4) is 0 Å². The Kier molecular flexibility index (Phi) is 7.43. The van der Waals surface area contributed by atoms with Crippen LogP contribution in [0.25, 0.3) is 0 Å². The second-order valence-corrected chi connectivity index (χ2v) is 5.47. The van der Waals surface area contributed by atoms with Crippen LogP contribution in [0.1, 0.15) is 30.5 Å². The predicted octanol–water partition coefficient (Wildman–Crippen LogP) is 1.80. The maximum absolute atomic E-state index is 11.9. The molecule has 0 fully saturated rings. The largest absolute Gasteiger partial charge is 0.395 e. The van der Waals surface area contributed by atoms with Gasteiger partial charge in [0.15, 0.2) is 0 Å². The molecule has 1 rings (SSSR count). The molecule has 0 radical (unpaired) electrons. The third-order valence-electron chi connectivity index (χ3n) is 2.76. The van der Waals surface area contributed by atoms with Crippen LogP contribution in [-0.4, -0.2) is 47.3 Å². The van der Waals surface area contributed by atoms with Gasteiger partial charge in [0, 0.05) is 31.4 Å². The van der Waals surface area contributed by atoms with Gasteiger partial charge in [-0.15, -0.1) is 11.3 Å². The SMILES string of the molecule is CCCCN(CCO)C(=O)NCCc1csc(C)n1. The first kappa shape index (κ1) is 15.9. The summed E-state index contributed by atoms with van der Waals surface area (Å²) < 4.78 is 0. The van der Waals surface area contributed by atoms with Crippen LogP contribution < -0.4 is 5.32 Å². The van der Waals surface area contributed by atoms with E-state index in [0.29, 0.717) is 19.6 Å². The van der Waals surface area contributed by atoms with Gasteiger partial charge in [-0.05, 0) is 13.3 Å². The number of hydrogen-bond acceptors (Lipinski definition) is 4. The predicted molar refractivity (Wildman–Crippen MR) is 77.5 cm³/mol. The number of rotatable bonds is 8. The van der Waals surface area contributed by atoms with Crippen LogP contribution >= 0.6 is 11.3 Å². The lowest BCUT2D eigenvalue weighted by Gasteiger charge is -2.21. The lowest BCUT2D eigenvalue weighted by Crippen LogP contribution is -2.42. The van der Waals surface area contributed by atoms with E-state index < -0.39 is 0 Å². The standard InChI is InChI=1S/C13H23N3O2S/c1-3-4-7-16(8-9-17)13(18)14-6-5-12-10-19-11(2)15-12/h10,17H,3-9H2,1-2H3,(H,14,18). The normalized spacial score (nSPS) is 10.5. The maximum Gasteiger partial charge on any atom is 0.317 e. The topological polar surface area (TPSA) is 65.5 Å². The fourth-order valence-electron chi connectivity index (χ4n) is 1.72. The van der Waals surface area contributed by atoms with E-state index in [9.17, 15) is 4.79 Å². The molecule has 6 heteroatoms. The molecule has 1 aromatic heterocycles. The number of carbonyl (C=O) groups excluding carboxylic acids is 1. The molecule has 0 unspecified atom stereocenters. The van der Waals surface area contributed by atoms with Crippen molar-refractivity contribution < 1.29 is 9.90 Å². The molecule has 1 aromatic rings.